The van der Waals surface area contributed by atoms with E-state index < -0.39 is 35.6 Å². The highest BCUT2D eigenvalue weighted by Gasteiger charge is 2.35. The maximum Gasteiger partial charge on any atom is 0.408 e. The monoisotopic (exact) mass is 415 g/mol. The maximum atomic E-state index is 13.1. The number of carbonyl (C=O) groups excluding carboxylic acids is 3. The van der Waals surface area contributed by atoms with Crippen LogP contribution in [0.1, 0.15) is 64.3 Å². The first-order chi connectivity index (χ1) is 13.8. The molecule has 0 aromatic heterocycles. The first-order valence-electron chi connectivity index (χ1n) is 9.93. The van der Waals surface area contributed by atoms with E-state index in [9.17, 15) is 14.4 Å². The molecule has 2 N–H and O–H groups in total. The van der Waals surface area contributed by atoms with Gasteiger partial charge in [0, 0.05) is 12.1 Å². The number of alkyl carbamates (subject to hydrolysis) is 1. The molecule has 0 aliphatic heterocycles. The Kier molecular flexibility index (Phi) is 8.47. The van der Waals surface area contributed by atoms with Crippen molar-refractivity contribution in [3.63, 3.8) is 0 Å². The molecule has 0 aliphatic rings. The van der Waals surface area contributed by atoms with Crippen molar-refractivity contribution in [3.05, 3.63) is 34.9 Å². The van der Waals surface area contributed by atoms with Crippen molar-refractivity contribution in [3.8, 4) is 12.5 Å². The van der Waals surface area contributed by atoms with E-state index in [1.165, 1.54) is 6.92 Å². The molecule has 0 spiro atoms. The lowest BCUT2D eigenvalue weighted by molar-refractivity contribution is -0.138. The van der Waals surface area contributed by atoms with Crippen LogP contribution in [0.15, 0.2) is 18.2 Å². The lowest BCUT2D eigenvalue weighted by Gasteiger charge is -2.30. The number of benzene rings is 1. The molecule has 30 heavy (non-hydrogen) atoms. The van der Waals surface area contributed by atoms with E-state index >= 15 is 0 Å². The van der Waals surface area contributed by atoms with Crippen LogP contribution in [0, 0.1) is 26.3 Å². The van der Waals surface area contributed by atoms with Gasteiger partial charge in [-0.25, -0.2) is 4.79 Å². The summed E-state index contributed by atoms with van der Waals surface area (Å²) in [6, 6.07) is 5.74. The minimum atomic E-state index is -1.03. The third-order valence-corrected chi connectivity index (χ3v) is 4.14. The second-order valence-corrected chi connectivity index (χ2v) is 8.63. The maximum absolute atomic E-state index is 13.1. The van der Waals surface area contributed by atoms with Gasteiger partial charge in [-0.2, -0.15) is 0 Å². The number of amides is 3. The summed E-state index contributed by atoms with van der Waals surface area (Å²) in [4.78, 5) is 39.2. The average Bonchev–Trinajstić information content (AvgIpc) is 2.57. The number of rotatable bonds is 6. The lowest BCUT2D eigenvalue weighted by Crippen LogP contribution is -2.51. The van der Waals surface area contributed by atoms with Gasteiger partial charge < -0.3 is 15.4 Å². The van der Waals surface area contributed by atoms with Crippen molar-refractivity contribution in [2.45, 2.75) is 79.1 Å². The molecule has 7 nitrogen and oxygen atoms in total. The van der Waals surface area contributed by atoms with E-state index in [-0.39, 0.29) is 6.04 Å². The highest BCUT2D eigenvalue weighted by atomic mass is 16.6. The number of hydrogen-bond acceptors (Lipinski definition) is 4. The van der Waals surface area contributed by atoms with Crippen LogP contribution in [0.5, 0.6) is 0 Å². The van der Waals surface area contributed by atoms with Gasteiger partial charge in [-0.15, -0.1) is 0 Å². The number of aryl methyl sites for hydroxylation is 2. The van der Waals surface area contributed by atoms with Crippen molar-refractivity contribution in [1.82, 2.24) is 15.5 Å². The number of nitrogens with one attached hydrogen (secondary N) is 2. The van der Waals surface area contributed by atoms with Crippen LogP contribution >= 0.6 is 0 Å². The molecular weight excluding hydrogens is 382 g/mol. The minimum Gasteiger partial charge on any atom is -0.444 e. The lowest BCUT2D eigenvalue weighted by atomic mass is 9.96. The number of hydrogen-bond donors (Lipinski definition) is 2. The summed E-state index contributed by atoms with van der Waals surface area (Å²) in [6.07, 6.45) is 4.92. The molecule has 0 aliphatic carbocycles. The zero-order valence-corrected chi connectivity index (χ0v) is 19.1. The Bertz CT molecular complexity index is 834. The zero-order valence-electron chi connectivity index (χ0n) is 19.1. The molecule has 1 aromatic rings. The SMILES string of the molecule is C#CN(C(=O)C(C)NC(=O)OC(C)(C)C)C(C(=O)NC(C)C)c1ccc(C)cc1C. The molecule has 0 heterocycles. The number of ether oxygens (including phenoxy) is 1. The number of nitrogens with zero attached hydrogens (tertiary/aromatic N) is 1. The average molecular weight is 416 g/mol. The van der Waals surface area contributed by atoms with Gasteiger partial charge in [0.1, 0.15) is 17.7 Å². The zero-order chi connectivity index (χ0) is 23.2. The van der Waals surface area contributed by atoms with Crippen molar-refractivity contribution in [2.24, 2.45) is 0 Å². The van der Waals surface area contributed by atoms with Gasteiger partial charge in [0.25, 0.3) is 5.91 Å². The van der Waals surface area contributed by atoms with Gasteiger partial charge in [0.15, 0.2) is 0 Å². The molecule has 2 unspecified atom stereocenters. The Balaban J connectivity index is 3.25. The summed E-state index contributed by atoms with van der Waals surface area (Å²) in [5.41, 5.74) is 1.77. The molecule has 1 aromatic carbocycles. The number of carbonyl (C=O) groups is 3. The van der Waals surface area contributed by atoms with E-state index in [0.29, 0.717) is 5.56 Å². The standard InChI is InChI=1S/C23H33N3O4/c1-10-26(21(28)17(6)25-22(29)30-23(7,8)9)19(20(27)24-14(2)3)18-12-11-15(4)13-16(18)5/h1,11-14,17,19H,2-9H3,(H,24,27)(H,25,29). The van der Waals surface area contributed by atoms with Gasteiger partial charge >= 0.3 is 6.09 Å². The molecular formula is C23H33N3O4. The Morgan fingerprint density at radius 1 is 1.10 bits per heavy atom. The Morgan fingerprint density at radius 2 is 1.70 bits per heavy atom. The summed E-state index contributed by atoms with van der Waals surface area (Å²) in [5.74, 6) is -0.986. The summed E-state index contributed by atoms with van der Waals surface area (Å²) >= 11 is 0. The molecule has 3 amide bonds. The highest BCUT2D eigenvalue weighted by molar-refractivity contribution is 5.93. The highest BCUT2D eigenvalue weighted by Crippen LogP contribution is 2.26. The van der Waals surface area contributed by atoms with Crippen LogP contribution in [-0.2, 0) is 14.3 Å². The Morgan fingerprint density at radius 3 is 2.17 bits per heavy atom. The molecule has 164 valence electrons. The van der Waals surface area contributed by atoms with Crippen molar-refractivity contribution in [2.75, 3.05) is 0 Å². The van der Waals surface area contributed by atoms with Crippen LogP contribution in [-0.4, -0.2) is 40.5 Å². The van der Waals surface area contributed by atoms with Gasteiger partial charge in [0.05, 0.1) is 0 Å². The first-order valence-corrected chi connectivity index (χ1v) is 9.93. The topological polar surface area (TPSA) is 87.7 Å². The first kappa shape index (κ1) is 25.0. The predicted molar refractivity (Wildman–Crippen MR) is 116 cm³/mol. The van der Waals surface area contributed by atoms with Crippen molar-refractivity contribution in [1.29, 1.82) is 0 Å². The summed E-state index contributed by atoms with van der Waals surface area (Å²) in [6.45, 7) is 14.1. The molecule has 0 bridgehead atoms. The summed E-state index contributed by atoms with van der Waals surface area (Å²) in [7, 11) is 0. The largest absolute Gasteiger partial charge is 0.444 e. The Labute approximate surface area is 179 Å². The normalized spacial score (nSPS) is 13.1. The van der Waals surface area contributed by atoms with Crippen molar-refractivity contribution >= 4 is 17.9 Å². The predicted octanol–water partition coefficient (Wildman–Crippen LogP) is 3.20. The fourth-order valence-electron chi connectivity index (χ4n) is 2.91. The van der Waals surface area contributed by atoms with Gasteiger partial charge in [-0.3, -0.25) is 14.5 Å². The van der Waals surface area contributed by atoms with Crippen LogP contribution in [0.4, 0.5) is 4.79 Å². The van der Waals surface area contributed by atoms with E-state index in [1.54, 1.807) is 26.8 Å². The van der Waals surface area contributed by atoms with Crippen LogP contribution in [0.2, 0.25) is 0 Å². The summed E-state index contributed by atoms with van der Waals surface area (Å²) < 4.78 is 5.20. The minimum absolute atomic E-state index is 0.141. The molecule has 1 rings (SSSR count). The fraction of sp³-hybridized carbons (Fsp3) is 0.522. The van der Waals surface area contributed by atoms with E-state index in [1.807, 2.05) is 39.8 Å². The molecule has 2 atom stereocenters. The van der Waals surface area contributed by atoms with E-state index in [0.717, 1.165) is 16.0 Å². The van der Waals surface area contributed by atoms with E-state index in [2.05, 4.69) is 16.7 Å². The molecule has 0 saturated carbocycles. The second-order valence-electron chi connectivity index (χ2n) is 8.63. The summed E-state index contributed by atoms with van der Waals surface area (Å²) in [5, 5.41) is 5.30. The third-order valence-electron chi connectivity index (χ3n) is 4.14. The van der Waals surface area contributed by atoms with Crippen LogP contribution in [0.25, 0.3) is 0 Å². The Hall–Kier alpha value is -3.01. The molecule has 7 heteroatoms. The van der Waals surface area contributed by atoms with Crippen LogP contribution < -0.4 is 10.6 Å². The molecule has 0 fully saturated rings. The van der Waals surface area contributed by atoms with Gasteiger partial charge in [0.2, 0.25) is 5.91 Å². The van der Waals surface area contributed by atoms with Crippen molar-refractivity contribution < 1.29 is 19.1 Å². The number of terminal acetylenes is 1. The molecule has 0 saturated heterocycles. The quantitative estimate of drug-likeness (QED) is 0.552. The fourth-order valence-corrected chi connectivity index (χ4v) is 2.91. The molecule has 0 radical (unpaired) electrons. The smallest absolute Gasteiger partial charge is 0.408 e. The van der Waals surface area contributed by atoms with Crippen LogP contribution in [0.3, 0.4) is 0 Å². The van der Waals surface area contributed by atoms with E-state index in [4.69, 9.17) is 11.2 Å². The third kappa shape index (κ3) is 7.11. The second kappa shape index (κ2) is 10.1. The van der Waals surface area contributed by atoms with Gasteiger partial charge in [-0.05, 0) is 66.5 Å². The van der Waals surface area contributed by atoms with Gasteiger partial charge in [-0.1, -0.05) is 30.2 Å².